The van der Waals surface area contributed by atoms with E-state index >= 15 is 0 Å². The second-order valence-corrected chi connectivity index (χ2v) is 7.99. The highest BCUT2D eigenvalue weighted by atomic mass is 16.5. The predicted molar refractivity (Wildman–Crippen MR) is 82.0 cm³/mol. The second kappa shape index (κ2) is 6.75. The number of ether oxygens (including phenoxy) is 1. The molecule has 18 heavy (non-hydrogen) atoms. The minimum absolute atomic E-state index is 0.00795. The van der Waals surface area contributed by atoms with E-state index in [9.17, 15) is 0 Å². The highest BCUT2D eigenvalue weighted by Crippen LogP contribution is 2.25. The van der Waals surface area contributed by atoms with Gasteiger partial charge in [-0.3, -0.25) is 0 Å². The zero-order valence-electron chi connectivity index (χ0n) is 13.9. The highest BCUT2D eigenvalue weighted by Gasteiger charge is 2.24. The van der Waals surface area contributed by atoms with E-state index in [1.165, 1.54) is 19.3 Å². The van der Waals surface area contributed by atoms with Crippen LogP contribution in [0.3, 0.4) is 0 Å². The van der Waals surface area contributed by atoms with Crippen LogP contribution in [0.5, 0.6) is 0 Å². The fourth-order valence-electron chi connectivity index (χ4n) is 2.13. The van der Waals surface area contributed by atoms with Gasteiger partial charge in [-0.15, -0.1) is 0 Å². The van der Waals surface area contributed by atoms with Gasteiger partial charge in [0.2, 0.25) is 0 Å². The smallest absolute Gasteiger partial charge is 0.0633 e. The summed E-state index contributed by atoms with van der Waals surface area (Å²) in [6.45, 7) is 17.5. The lowest BCUT2D eigenvalue weighted by molar-refractivity contribution is -0.116. The largest absolute Gasteiger partial charge is 0.370 e. The molecule has 0 amide bonds. The van der Waals surface area contributed by atoms with Crippen molar-refractivity contribution in [3.8, 4) is 0 Å². The lowest BCUT2D eigenvalue weighted by atomic mass is 9.95. The van der Waals surface area contributed by atoms with Gasteiger partial charge in [0.1, 0.15) is 0 Å². The summed E-state index contributed by atoms with van der Waals surface area (Å²) in [6.07, 6.45) is 9.43. The second-order valence-electron chi connectivity index (χ2n) is 7.99. The quantitative estimate of drug-likeness (QED) is 0.433. The van der Waals surface area contributed by atoms with Crippen LogP contribution >= 0.6 is 0 Å². The number of hydrogen-bond acceptors (Lipinski definition) is 1. The van der Waals surface area contributed by atoms with E-state index in [0.717, 1.165) is 6.42 Å². The van der Waals surface area contributed by atoms with Gasteiger partial charge in [0.05, 0.1) is 11.2 Å². The Morgan fingerprint density at radius 1 is 0.833 bits per heavy atom. The first kappa shape index (κ1) is 17.7. The molecule has 0 atom stereocenters. The molecule has 0 aliphatic heterocycles. The maximum atomic E-state index is 6.07. The molecule has 0 aliphatic rings. The number of hydrogen-bond donors (Lipinski definition) is 0. The van der Waals surface area contributed by atoms with E-state index < -0.39 is 0 Å². The average molecular weight is 254 g/mol. The Morgan fingerprint density at radius 2 is 1.39 bits per heavy atom. The van der Waals surface area contributed by atoms with Crippen LogP contribution in [-0.4, -0.2) is 11.2 Å². The molecule has 0 saturated carbocycles. The average Bonchev–Trinajstić information content (AvgIpc) is 2.04. The number of rotatable bonds is 6. The first-order valence-corrected chi connectivity index (χ1v) is 7.29. The lowest BCUT2D eigenvalue weighted by Crippen LogP contribution is -2.34. The molecule has 0 aromatic carbocycles. The van der Waals surface area contributed by atoms with Crippen LogP contribution in [0.4, 0.5) is 0 Å². The Kier molecular flexibility index (Phi) is 6.63. The van der Waals surface area contributed by atoms with Gasteiger partial charge >= 0.3 is 0 Å². The van der Waals surface area contributed by atoms with E-state index in [2.05, 4.69) is 67.5 Å². The Bertz CT molecular complexity index is 248. The van der Waals surface area contributed by atoms with E-state index in [0.29, 0.717) is 5.41 Å². The summed E-state index contributed by atoms with van der Waals surface area (Å²) in [5.74, 6) is 0. The lowest BCUT2D eigenvalue weighted by Gasteiger charge is -2.33. The standard InChI is InChI=1S/C17H34O/c1-15(2,3)13-11-9-10-12-14-17(7,8)18-16(4,5)6/h11,13H,9-10,12,14H2,1-8H3. The van der Waals surface area contributed by atoms with Crippen molar-refractivity contribution in [3.63, 3.8) is 0 Å². The molecule has 1 heteroatoms. The molecule has 0 heterocycles. The molecular weight excluding hydrogens is 220 g/mol. The molecule has 0 radical (unpaired) electrons. The molecule has 0 N–H and O–H groups in total. The summed E-state index contributed by atoms with van der Waals surface area (Å²) in [4.78, 5) is 0. The van der Waals surface area contributed by atoms with Gasteiger partial charge in [0.25, 0.3) is 0 Å². The van der Waals surface area contributed by atoms with Crippen molar-refractivity contribution in [2.45, 2.75) is 92.3 Å². The molecule has 0 fully saturated rings. The van der Waals surface area contributed by atoms with Gasteiger partial charge < -0.3 is 4.74 Å². The van der Waals surface area contributed by atoms with Crippen LogP contribution in [0.25, 0.3) is 0 Å². The first-order valence-electron chi connectivity index (χ1n) is 7.29. The van der Waals surface area contributed by atoms with Crippen LogP contribution in [0.15, 0.2) is 12.2 Å². The third kappa shape index (κ3) is 12.2. The SMILES string of the molecule is CC(C)(C)C=CCCCCC(C)(C)OC(C)(C)C. The van der Waals surface area contributed by atoms with Crippen molar-refractivity contribution >= 4 is 0 Å². The van der Waals surface area contributed by atoms with E-state index in [1.54, 1.807) is 0 Å². The first-order chi connectivity index (χ1) is 7.91. The highest BCUT2D eigenvalue weighted by molar-refractivity contribution is 4.91. The van der Waals surface area contributed by atoms with Gasteiger partial charge in [0.15, 0.2) is 0 Å². The van der Waals surface area contributed by atoms with E-state index in [4.69, 9.17) is 4.74 Å². The minimum atomic E-state index is -0.0460. The van der Waals surface area contributed by atoms with Gasteiger partial charge in [-0.2, -0.15) is 0 Å². The molecule has 1 nitrogen and oxygen atoms in total. The maximum absolute atomic E-state index is 6.07. The van der Waals surface area contributed by atoms with Crippen LogP contribution in [-0.2, 0) is 4.74 Å². The van der Waals surface area contributed by atoms with Crippen molar-refractivity contribution < 1.29 is 4.74 Å². The molecule has 0 unspecified atom stereocenters. The Balaban J connectivity index is 3.81. The fraction of sp³-hybridized carbons (Fsp3) is 0.882. The minimum Gasteiger partial charge on any atom is -0.370 e. The summed E-state index contributed by atoms with van der Waals surface area (Å²) in [6, 6.07) is 0. The predicted octanol–water partition coefficient (Wildman–Crippen LogP) is 5.74. The van der Waals surface area contributed by atoms with Crippen LogP contribution in [0, 0.1) is 5.41 Å². The van der Waals surface area contributed by atoms with Crippen molar-refractivity contribution in [1.29, 1.82) is 0 Å². The molecule has 0 saturated heterocycles. The summed E-state index contributed by atoms with van der Waals surface area (Å²) >= 11 is 0. The molecule has 0 bridgehead atoms. The summed E-state index contributed by atoms with van der Waals surface area (Å²) in [5, 5.41) is 0. The Morgan fingerprint density at radius 3 is 1.83 bits per heavy atom. The van der Waals surface area contributed by atoms with Crippen LogP contribution in [0.2, 0.25) is 0 Å². The zero-order chi connectivity index (χ0) is 14.4. The summed E-state index contributed by atoms with van der Waals surface area (Å²) < 4.78 is 6.07. The molecule has 0 aromatic rings. The topological polar surface area (TPSA) is 9.23 Å². The summed E-state index contributed by atoms with van der Waals surface area (Å²) in [5.41, 5.74) is 0.260. The molecule has 0 spiro atoms. The number of allylic oxidation sites excluding steroid dienone is 2. The maximum Gasteiger partial charge on any atom is 0.0633 e. The van der Waals surface area contributed by atoms with E-state index in [-0.39, 0.29) is 11.2 Å². The van der Waals surface area contributed by atoms with Crippen LogP contribution < -0.4 is 0 Å². The van der Waals surface area contributed by atoms with Crippen molar-refractivity contribution in [3.05, 3.63) is 12.2 Å². The fourth-order valence-corrected chi connectivity index (χ4v) is 2.13. The Labute approximate surface area is 115 Å². The van der Waals surface area contributed by atoms with E-state index in [1.807, 2.05) is 0 Å². The third-order valence-electron chi connectivity index (χ3n) is 2.60. The zero-order valence-corrected chi connectivity index (χ0v) is 13.9. The molecule has 0 aromatic heterocycles. The van der Waals surface area contributed by atoms with Gasteiger partial charge in [0, 0.05) is 0 Å². The monoisotopic (exact) mass is 254 g/mol. The van der Waals surface area contributed by atoms with Crippen molar-refractivity contribution in [2.24, 2.45) is 5.41 Å². The molecular formula is C17H34O. The molecule has 108 valence electrons. The van der Waals surface area contributed by atoms with Crippen molar-refractivity contribution in [1.82, 2.24) is 0 Å². The third-order valence-corrected chi connectivity index (χ3v) is 2.60. The van der Waals surface area contributed by atoms with Crippen LogP contribution in [0.1, 0.15) is 81.1 Å². The summed E-state index contributed by atoms with van der Waals surface area (Å²) in [7, 11) is 0. The van der Waals surface area contributed by atoms with Crippen molar-refractivity contribution in [2.75, 3.05) is 0 Å². The Hall–Kier alpha value is -0.300. The molecule has 0 rings (SSSR count). The normalized spacial score (nSPS) is 14.4. The van der Waals surface area contributed by atoms with Gasteiger partial charge in [-0.25, -0.2) is 0 Å². The van der Waals surface area contributed by atoms with Gasteiger partial charge in [-0.05, 0) is 59.3 Å². The molecule has 0 aliphatic carbocycles. The number of unbranched alkanes of at least 4 members (excludes halogenated alkanes) is 2. The van der Waals surface area contributed by atoms with Gasteiger partial charge in [-0.1, -0.05) is 39.3 Å².